The minimum Gasteiger partial charge on any atom is -0.384 e. The van der Waals surface area contributed by atoms with E-state index in [1.807, 2.05) is 51.4 Å². The highest BCUT2D eigenvalue weighted by atomic mass is 19.1. The minimum atomic E-state index is -0.333. The van der Waals surface area contributed by atoms with E-state index in [0.29, 0.717) is 40.5 Å². The van der Waals surface area contributed by atoms with Crippen molar-refractivity contribution in [1.82, 2.24) is 35.0 Å². The maximum atomic E-state index is 14.7. The average molecular weight is 566 g/mol. The van der Waals surface area contributed by atoms with Gasteiger partial charge in [-0.1, -0.05) is 18.7 Å². The molecule has 42 heavy (non-hydrogen) atoms. The third kappa shape index (κ3) is 6.39. The number of benzene rings is 1. The number of allylic oxidation sites excluding steroid dienone is 2. The summed E-state index contributed by atoms with van der Waals surface area (Å²) in [6.07, 6.45) is 7.12. The Labute approximate surface area is 245 Å². The van der Waals surface area contributed by atoms with E-state index in [-0.39, 0.29) is 11.9 Å². The van der Waals surface area contributed by atoms with Gasteiger partial charge >= 0.3 is 0 Å². The monoisotopic (exact) mass is 565 g/mol. The number of aromatic nitrogens is 6. The van der Waals surface area contributed by atoms with Crippen molar-refractivity contribution in [2.75, 3.05) is 37.8 Å². The molecular weight excluding hydrogens is 529 g/mol. The standard InChI is InChI=1S/C32H36FN9/c1-7-8-26(21-13-23(33)16-24(14-21)35-11-12-42(5)6)29-20(4)37-32(39-29)31-30-28(40-41-31)10-9-27(38-30)22-15-25(18-34-17-22)36-19(2)3/h7-10,13-19,35-36H,1,11-12H2,2-6H3,(H,37,39)(H,40,41)/b26-8-. The van der Waals surface area contributed by atoms with Crippen LogP contribution in [0.2, 0.25) is 0 Å². The maximum Gasteiger partial charge on any atom is 0.161 e. The summed E-state index contributed by atoms with van der Waals surface area (Å²) < 4.78 is 14.7. The first-order valence-corrected chi connectivity index (χ1v) is 13.9. The van der Waals surface area contributed by atoms with E-state index in [4.69, 9.17) is 9.97 Å². The van der Waals surface area contributed by atoms with Crippen molar-refractivity contribution < 1.29 is 4.39 Å². The van der Waals surface area contributed by atoms with Gasteiger partial charge in [-0.05, 0) is 76.8 Å². The number of pyridine rings is 2. The Balaban J connectivity index is 1.51. The van der Waals surface area contributed by atoms with Crippen molar-refractivity contribution in [2.45, 2.75) is 26.8 Å². The number of aromatic amines is 2. The van der Waals surface area contributed by atoms with Gasteiger partial charge in [-0.3, -0.25) is 10.1 Å². The van der Waals surface area contributed by atoms with Gasteiger partial charge in [0.25, 0.3) is 0 Å². The van der Waals surface area contributed by atoms with Gasteiger partial charge in [0, 0.05) is 54.0 Å². The van der Waals surface area contributed by atoms with E-state index in [2.05, 4.69) is 56.1 Å². The number of hydrogen-bond donors (Lipinski definition) is 4. The molecule has 0 unspecified atom stereocenters. The minimum absolute atomic E-state index is 0.285. The second-order valence-corrected chi connectivity index (χ2v) is 10.8. The van der Waals surface area contributed by atoms with Gasteiger partial charge in [0.1, 0.15) is 11.3 Å². The van der Waals surface area contributed by atoms with Crippen LogP contribution in [0.5, 0.6) is 0 Å². The Morgan fingerprint density at radius 2 is 1.93 bits per heavy atom. The van der Waals surface area contributed by atoms with E-state index < -0.39 is 0 Å². The molecule has 0 fully saturated rings. The zero-order chi connectivity index (χ0) is 29.8. The summed E-state index contributed by atoms with van der Waals surface area (Å²) in [6, 6.07) is 11.1. The summed E-state index contributed by atoms with van der Waals surface area (Å²) >= 11 is 0. The number of rotatable bonds is 11. The molecule has 0 bridgehead atoms. The normalized spacial score (nSPS) is 12.0. The Morgan fingerprint density at radius 1 is 1.10 bits per heavy atom. The lowest BCUT2D eigenvalue weighted by Gasteiger charge is -2.13. The highest BCUT2D eigenvalue weighted by Crippen LogP contribution is 2.32. The molecule has 4 heterocycles. The molecule has 9 nitrogen and oxygen atoms in total. The van der Waals surface area contributed by atoms with Crippen molar-refractivity contribution in [3.63, 3.8) is 0 Å². The molecule has 0 aliphatic carbocycles. The molecule has 0 amide bonds. The van der Waals surface area contributed by atoms with Crippen LogP contribution < -0.4 is 10.6 Å². The first-order chi connectivity index (χ1) is 20.2. The molecule has 4 aromatic heterocycles. The van der Waals surface area contributed by atoms with Crippen LogP contribution in [0.4, 0.5) is 15.8 Å². The first kappa shape index (κ1) is 28.7. The number of anilines is 2. The van der Waals surface area contributed by atoms with Crippen LogP contribution in [-0.2, 0) is 0 Å². The molecule has 0 spiro atoms. The Kier molecular flexibility index (Phi) is 8.44. The molecule has 10 heteroatoms. The number of hydrogen-bond acceptors (Lipinski definition) is 7. The number of H-pyrrole nitrogens is 2. The average Bonchev–Trinajstić information content (AvgIpc) is 3.53. The molecule has 0 radical (unpaired) electrons. The number of nitrogens with zero attached hydrogens (tertiary/aromatic N) is 5. The number of likely N-dealkylation sites (N-methyl/N-ethyl adjacent to an activating group) is 1. The lowest BCUT2D eigenvalue weighted by Crippen LogP contribution is -2.20. The second kappa shape index (κ2) is 12.4. The van der Waals surface area contributed by atoms with Gasteiger partial charge in [0.05, 0.1) is 22.6 Å². The lowest BCUT2D eigenvalue weighted by molar-refractivity contribution is 0.425. The number of aryl methyl sites for hydroxylation is 1. The first-order valence-electron chi connectivity index (χ1n) is 13.9. The second-order valence-electron chi connectivity index (χ2n) is 10.8. The number of fused-ring (bicyclic) bond motifs is 1. The predicted molar refractivity (Wildman–Crippen MR) is 169 cm³/mol. The van der Waals surface area contributed by atoms with Gasteiger partial charge in [-0.2, -0.15) is 5.10 Å². The van der Waals surface area contributed by atoms with E-state index in [1.54, 1.807) is 18.5 Å². The third-order valence-corrected chi connectivity index (χ3v) is 6.64. The van der Waals surface area contributed by atoms with Crippen LogP contribution in [0, 0.1) is 12.7 Å². The molecule has 5 rings (SSSR count). The van der Waals surface area contributed by atoms with E-state index in [0.717, 1.165) is 40.3 Å². The fourth-order valence-corrected chi connectivity index (χ4v) is 4.75. The number of halogens is 1. The summed E-state index contributed by atoms with van der Waals surface area (Å²) in [4.78, 5) is 19.7. The molecule has 5 aromatic rings. The van der Waals surface area contributed by atoms with Crippen molar-refractivity contribution in [2.24, 2.45) is 0 Å². The van der Waals surface area contributed by atoms with Crippen LogP contribution in [0.25, 0.3) is 39.4 Å². The maximum absolute atomic E-state index is 14.7. The van der Waals surface area contributed by atoms with Crippen LogP contribution >= 0.6 is 0 Å². The van der Waals surface area contributed by atoms with Gasteiger partial charge < -0.3 is 20.5 Å². The summed E-state index contributed by atoms with van der Waals surface area (Å²) in [5, 5.41) is 14.3. The van der Waals surface area contributed by atoms with Crippen molar-refractivity contribution in [1.29, 1.82) is 0 Å². The zero-order valence-corrected chi connectivity index (χ0v) is 24.6. The summed E-state index contributed by atoms with van der Waals surface area (Å²) in [5.41, 5.74) is 8.29. The highest BCUT2D eigenvalue weighted by molar-refractivity contribution is 5.90. The number of imidazole rings is 1. The topological polar surface area (TPSA) is 110 Å². The Morgan fingerprint density at radius 3 is 2.69 bits per heavy atom. The fourth-order valence-electron chi connectivity index (χ4n) is 4.75. The van der Waals surface area contributed by atoms with Crippen molar-refractivity contribution in [3.8, 4) is 22.8 Å². The summed E-state index contributed by atoms with van der Waals surface area (Å²) in [6.45, 7) is 11.5. The smallest absolute Gasteiger partial charge is 0.161 e. The lowest BCUT2D eigenvalue weighted by atomic mass is 10.00. The van der Waals surface area contributed by atoms with Gasteiger partial charge in [-0.15, -0.1) is 0 Å². The van der Waals surface area contributed by atoms with Crippen molar-refractivity contribution in [3.05, 3.63) is 90.3 Å². The molecule has 4 N–H and O–H groups in total. The van der Waals surface area contributed by atoms with Gasteiger partial charge in [-0.25, -0.2) is 14.4 Å². The molecule has 0 aliphatic heterocycles. The summed E-state index contributed by atoms with van der Waals surface area (Å²) in [7, 11) is 4.00. The van der Waals surface area contributed by atoms with E-state index in [1.165, 1.54) is 12.1 Å². The largest absolute Gasteiger partial charge is 0.384 e. The molecule has 0 atom stereocenters. The molecule has 0 aliphatic rings. The number of nitrogens with one attached hydrogen (secondary N) is 4. The predicted octanol–water partition coefficient (Wildman–Crippen LogP) is 6.27. The molecular formula is C32H36FN9. The molecule has 0 saturated heterocycles. The van der Waals surface area contributed by atoms with Crippen LogP contribution in [0.1, 0.15) is 30.8 Å². The van der Waals surface area contributed by atoms with Gasteiger partial charge in [0.15, 0.2) is 11.5 Å². The van der Waals surface area contributed by atoms with Crippen LogP contribution in [0.15, 0.2) is 67.5 Å². The highest BCUT2D eigenvalue weighted by Gasteiger charge is 2.20. The Hall–Kier alpha value is -4.83. The molecule has 0 saturated carbocycles. The quantitative estimate of drug-likeness (QED) is 0.140. The third-order valence-electron chi connectivity index (χ3n) is 6.64. The molecule has 1 aromatic carbocycles. The zero-order valence-electron chi connectivity index (χ0n) is 24.6. The SMILES string of the molecule is C=C/C=C(/c1cc(F)cc(NCCN(C)C)c1)c1nc(-c2n[nH]c3ccc(-c4cncc(NC(C)C)c4)nc23)[nH]c1C. The van der Waals surface area contributed by atoms with Crippen LogP contribution in [0.3, 0.4) is 0 Å². The molecule has 216 valence electrons. The summed E-state index contributed by atoms with van der Waals surface area (Å²) in [5.74, 6) is 0.225. The van der Waals surface area contributed by atoms with Crippen molar-refractivity contribution >= 4 is 28.0 Å². The van der Waals surface area contributed by atoms with Gasteiger partial charge in [0.2, 0.25) is 0 Å². The Bertz CT molecular complexity index is 1750. The van der Waals surface area contributed by atoms with E-state index in [9.17, 15) is 4.39 Å². The fraction of sp³-hybridized carbons (Fsp3) is 0.250. The van der Waals surface area contributed by atoms with E-state index >= 15 is 0 Å². The van der Waals surface area contributed by atoms with Crippen LogP contribution in [-0.4, -0.2) is 68.3 Å².